The summed E-state index contributed by atoms with van der Waals surface area (Å²) in [7, 11) is 3.70. The van der Waals surface area contributed by atoms with Gasteiger partial charge in [0.05, 0.1) is 11.4 Å². The molecule has 2 rings (SSSR count). The highest BCUT2D eigenvalue weighted by Gasteiger charge is 2.13. The van der Waals surface area contributed by atoms with Gasteiger partial charge in [-0.15, -0.1) is 0 Å². The molecule has 2 heterocycles. The molecule has 5 nitrogen and oxygen atoms in total. The van der Waals surface area contributed by atoms with Gasteiger partial charge in [-0.05, 0) is 50.4 Å². The smallest absolute Gasteiger partial charge is 0.203 e. The zero-order chi connectivity index (χ0) is 17.0. The van der Waals surface area contributed by atoms with E-state index in [1.807, 2.05) is 14.1 Å². The lowest BCUT2D eigenvalue weighted by Crippen LogP contribution is -2.04. The highest BCUT2D eigenvalue weighted by Crippen LogP contribution is 2.21. The molecular formula is C16H17Br2N3O2. The Morgan fingerprint density at radius 3 is 2.57 bits per heavy atom. The number of carbonyl (C=O) groups excluding carboxylic acids is 2. The van der Waals surface area contributed by atoms with E-state index in [0.717, 1.165) is 14.6 Å². The number of hydrogen-bond donors (Lipinski definition) is 2. The normalized spacial score (nSPS) is 11.1. The number of nitrogens with zero attached hydrogens (tertiary/aromatic N) is 1. The number of hydrogen-bond acceptors (Lipinski definition) is 3. The minimum absolute atomic E-state index is 0.0255. The van der Waals surface area contributed by atoms with Gasteiger partial charge < -0.3 is 14.9 Å². The molecule has 0 bridgehead atoms. The van der Waals surface area contributed by atoms with Crippen molar-refractivity contribution < 1.29 is 9.59 Å². The average Bonchev–Trinajstić information content (AvgIpc) is 3.08. The summed E-state index contributed by atoms with van der Waals surface area (Å²) in [6, 6.07) is 3.50. The van der Waals surface area contributed by atoms with Crippen LogP contribution in [-0.4, -0.2) is 40.5 Å². The van der Waals surface area contributed by atoms with E-state index in [-0.39, 0.29) is 11.6 Å². The third-order valence-electron chi connectivity index (χ3n) is 3.18. The molecule has 0 aliphatic carbocycles. The molecule has 0 fully saturated rings. The van der Waals surface area contributed by atoms with E-state index < -0.39 is 0 Å². The number of halogens is 2. The molecule has 0 unspecified atom stereocenters. The van der Waals surface area contributed by atoms with E-state index >= 15 is 0 Å². The predicted octanol–water partition coefficient (Wildman–Crippen LogP) is 3.94. The molecule has 23 heavy (non-hydrogen) atoms. The lowest BCUT2D eigenvalue weighted by Gasteiger charge is -2.02. The van der Waals surface area contributed by atoms with Crippen LogP contribution < -0.4 is 0 Å². The summed E-state index contributed by atoms with van der Waals surface area (Å²) in [6.07, 6.45) is 5.81. The van der Waals surface area contributed by atoms with Crippen LogP contribution in [0.3, 0.4) is 0 Å². The first-order valence-corrected chi connectivity index (χ1v) is 8.59. The molecule has 0 saturated heterocycles. The van der Waals surface area contributed by atoms with Crippen LogP contribution in [-0.2, 0) is 6.42 Å². The predicted molar refractivity (Wildman–Crippen MR) is 96.8 cm³/mol. The van der Waals surface area contributed by atoms with Crippen molar-refractivity contribution >= 4 is 43.4 Å². The monoisotopic (exact) mass is 441 g/mol. The molecule has 0 amide bonds. The molecule has 2 aromatic heterocycles. The quantitative estimate of drug-likeness (QED) is 0.504. The number of aromatic amines is 2. The molecule has 0 aromatic carbocycles. The maximum atomic E-state index is 12.1. The topological polar surface area (TPSA) is 69.0 Å². The fourth-order valence-corrected chi connectivity index (χ4v) is 2.87. The number of nitrogens with one attached hydrogen (secondary N) is 2. The van der Waals surface area contributed by atoms with Gasteiger partial charge in [0.15, 0.2) is 5.78 Å². The Morgan fingerprint density at radius 2 is 1.96 bits per heavy atom. The second kappa shape index (κ2) is 7.79. The number of ketones is 2. The number of aryl methyl sites for hydroxylation is 1. The van der Waals surface area contributed by atoms with E-state index in [2.05, 4.69) is 41.8 Å². The van der Waals surface area contributed by atoms with Gasteiger partial charge >= 0.3 is 0 Å². The van der Waals surface area contributed by atoms with Crippen molar-refractivity contribution in [2.45, 2.75) is 12.8 Å². The largest absolute Gasteiger partial charge is 0.383 e. The molecule has 0 spiro atoms. The Bertz CT molecular complexity index is 744. The van der Waals surface area contributed by atoms with Crippen LogP contribution in [0.5, 0.6) is 0 Å². The van der Waals surface area contributed by atoms with Gasteiger partial charge in [0, 0.05) is 53.6 Å². The first kappa shape index (κ1) is 17.7. The summed E-state index contributed by atoms with van der Waals surface area (Å²) in [5.74, 6) is -0.0807. The molecule has 2 N–H and O–H groups in total. The molecule has 122 valence electrons. The second-order valence-corrected chi connectivity index (χ2v) is 7.08. The summed E-state index contributed by atoms with van der Waals surface area (Å²) in [6.45, 7) is 0. The number of rotatable bonds is 7. The van der Waals surface area contributed by atoms with E-state index in [1.165, 1.54) is 6.08 Å². The summed E-state index contributed by atoms with van der Waals surface area (Å²) in [5, 5.41) is 0. The Balaban J connectivity index is 2.01. The van der Waals surface area contributed by atoms with Gasteiger partial charge in [0.1, 0.15) is 0 Å². The van der Waals surface area contributed by atoms with Crippen molar-refractivity contribution in [3.8, 4) is 0 Å². The molecule has 0 radical (unpaired) electrons. The Kier molecular flexibility index (Phi) is 6.01. The van der Waals surface area contributed by atoms with Gasteiger partial charge in [0.25, 0.3) is 0 Å². The van der Waals surface area contributed by atoms with E-state index in [1.54, 1.807) is 29.4 Å². The van der Waals surface area contributed by atoms with E-state index in [9.17, 15) is 9.59 Å². The van der Waals surface area contributed by atoms with Gasteiger partial charge in [-0.1, -0.05) is 0 Å². The number of allylic oxidation sites excluding steroid dienone is 1. The standard InChI is InChI=1S/C16H17Br2N3O2/c1-21(2)6-5-16(23)14-8-11(18)12(20-14)3-4-15(22)13-7-10(17)9-19-13/h5-9,19-20H,3-4H2,1-2H3/b6-5+. The fourth-order valence-electron chi connectivity index (χ4n) is 2.00. The number of H-pyrrole nitrogens is 2. The van der Waals surface area contributed by atoms with Crippen molar-refractivity contribution in [2.24, 2.45) is 0 Å². The molecule has 7 heteroatoms. The van der Waals surface area contributed by atoms with E-state index in [4.69, 9.17) is 0 Å². The van der Waals surface area contributed by atoms with Crippen LogP contribution in [0.4, 0.5) is 0 Å². The summed E-state index contributed by atoms with van der Waals surface area (Å²) in [4.78, 5) is 31.9. The second-order valence-electron chi connectivity index (χ2n) is 5.31. The third kappa shape index (κ3) is 4.94. The zero-order valence-corrected chi connectivity index (χ0v) is 16.0. The van der Waals surface area contributed by atoms with Gasteiger partial charge in [-0.2, -0.15) is 0 Å². The lowest BCUT2D eigenvalue weighted by molar-refractivity contribution is 0.0978. The molecule has 0 aliphatic heterocycles. The van der Waals surface area contributed by atoms with Crippen LogP contribution >= 0.6 is 31.9 Å². The zero-order valence-electron chi connectivity index (χ0n) is 12.8. The third-order valence-corrected chi connectivity index (χ3v) is 4.35. The highest BCUT2D eigenvalue weighted by molar-refractivity contribution is 9.10. The maximum Gasteiger partial charge on any atom is 0.203 e. The SMILES string of the molecule is CN(C)/C=C/C(=O)c1cc(Br)c(CCC(=O)c2cc(Br)c[nH]2)[nH]1. The Morgan fingerprint density at radius 1 is 1.22 bits per heavy atom. The van der Waals surface area contributed by atoms with Crippen LogP contribution in [0, 0.1) is 0 Å². The van der Waals surface area contributed by atoms with Gasteiger partial charge in [-0.3, -0.25) is 9.59 Å². The van der Waals surface area contributed by atoms with Crippen molar-refractivity contribution in [3.05, 3.63) is 56.6 Å². The summed E-state index contributed by atoms with van der Waals surface area (Å²) in [5.41, 5.74) is 1.91. The molecule has 0 saturated carbocycles. The number of Topliss-reactive ketones (excluding diaryl/α,β-unsaturated/α-hetero) is 1. The fraction of sp³-hybridized carbons (Fsp3) is 0.250. The minimum atomic E-state index is -0.106. The van der Waals surface area contributed by atoms with Crippen LogP contribution in [0.15, 0.2) is 39.6 Å². The van der Waals surface area contributed by atoms with Crippen molar-refractivity contribution in [3.63, 3.8) is 0 Å². The van der Waals surface area contributed by atoms with E-state index in [0.29, 0.717) is 24.2 Å². The van der Waals surface area contributed by atoms with Crippen molar-refractivity contribution in [2.75, 3.05) is 14.1 Å². The molecule has 0 aliphatic rings. The summed E-state index contributed by atoms with van der Waals surface area (Å²) < 4.78 is 1.65. The van der Waals surface area contributed by atoms with Gasteiger partial charge in [0.2, 0.25) is 5.78 Å². The molecular weight excluding hydrogens is 426 g/mol. The maximum absolute atomic E-state index is 12.1. The molecule has 0 atom stereocenters. The highest BCUT2D eigenvalue weighted by atomic mass is 79.9. The summed E-state index contributed by atoms with van der Waals surface area (Å²) >= 11 is 6.74. The first-order valence-electron chi connectivity index (χ1n) is 7.00. The lowest BCUT2D eigenvalue weighted by atomic mass is 10.1. The average molecular weight is 443 g/mol. The number of carbonyl (C=O) groups is 2. The van der Waals surface area contributed by atoms with Crippen LogP contribution in [0.2, 0.25) is 0 Å². The van der Waals surface area contributed by atoms with Crippen LogP contribution in [0.25, 0.3) is 0 Å². The first-order chi connectivity index (χ1) is 10.9. The Labute approximate surface area is 151 Å². The Hall–Kier alpha value is -1.60. The van der Waals surface area contributed by atoms with Crippen LogP contribution in [0.1, 0.15) is 33.1 Å². The van der Waals surface area contributed by atoms with Gasteiger partial charge in [-0.25, -0.2) is 0 Å². The van der Waals surface area contributed by atoms with Crippen molar-refractivity contribution in [1.29, 1.82) is 0 Å². The minimum Gasteiger partial charge on any atom is -0.383 e. The molecule has 2 aromatic rings. The number of aromatic nitrogens is 2. The van der Waals surface area contributed by atoms with Crippen molar-refractivity contribution in [1.82, 2.24) is 14.9 Å².